The van der Waals surface area contributed by atoms with Gasteiger partial charge in [-0.2, -0.15) is 15.1 Å². The predicted molar refractivity (Wildman–Crippen MR) is 85.1 cm³/mol. The van der Waals surface area contributed by atoms with Crippen molar-refractivity contribution in [1.29, 1.82) is 0 Å². The molecule has 0 unspecified atom stereocenters. The average Bonchev–Trinajstić information content (AvgIpc) is 2.94. The van der Waals surface area contributed by atoms with Crippen LogP contribution in [0.5, 0.6) is 0 Å². The maximum absolute atomic E-state index is 4.61. The van der Waals surface area contributed by atoms with Crippen molar-refractivity contribution in [3.8, 4) is 0 Å². The zero-order chi connectivity index (χ0) is 14.8. The Bertz CT molecular complexity index is 764. The van der Waals surface area contributed by atoms with Crippen LogP contribution < -0.4 is 10.2 Å². The summed E-state index contributed by atoms with van der Waals surface area (Å²) in [6.07, 6.45) is 1.76. The maximum atomic E-state index is 4.61. The fourth-order valence-corrected chi connectivity index (χ4v) is 2.27. The van der Waals surface area contributed by atoms with Crippen molar-refractivity contribution in [2.24, 2.45) is 0 Å². The highest BCUT2D eigenvalue weighted by Gasteiger charge is 2.14. The van der Waals surface area contributed by atoms with Crippen LogP contribution in [0.25, 0.3) is 11.0 Å². The molecule has 2 aromatic heterocycles. The van der Waals surface area contributed by atoms with Crippen LogP contribution in [0.2, 0.25) is 0 Å². The number of benzene rings is 1. The third kappa shape index (κ3) is 2.52. The van der Waals surface area contributed by atoms with Gasteiger partial charge < -0.3 is 10.2 Å². The highest BCUT2D eigenvalue weighted by atomic mass is 15.2. The number of hydrogen-bond donors (Lipinski definition) is 2. The number of H-pyrrole nitrogens is 1. The van der Waals surface area contributed by atoms with E-state index >= 15 is 0 Å². The van der Waals surface area contributed by atoms with Gasteiger partial charge in [0.25, 0.3) is 0 Å². The number of hydrogen-bond acceptors (Lipinski definition) is 5. The van der Waals surface area contributed by atoms with Crippen molar-refractivity contribution in [1.82, 2.24) is 20.2 Å². The van der Waals surface area contributed by atoms with Gasteiger partial charge in [0.2, 0.25) is 5.95 Å². The Balaban J connectivity index is 2.11. The Hall–Kier alpha value is -2.63. The molecule has 0 spiro atoms. The zero-order valence-corrected chi connectivity index (χ0v) is 12.4. The number of aromatic nitrogens is 4. The summed E-state index contributed by atoms with van der Waals surface area (Å²) in [5.74, 6) is 1.43. The molecule has 3 rings (SSSR count). The van der Waals surface area contributed by atoms with Gasteiger partial charge in [0.1, 0.15) is 5.82 Å². The normalized spacial score (nSPS) is 10.8. The minimum absolute atomic E-state index is 0.601. The quantitative estimate of drug-likeness (QED) is 0.770. The number of anilines is 3. The third-order valence-corrected chi connectivity index (χ3v) is 3.33. The van der Waals surface area contributed by atoms with Gasteiger partial charge in [-0.25, -0.2) is 0 Å². The first-order valence-corrected chi connectivity index (χ1v) is 6.94. The van der Waals surface area contributed by atoms with Gasteiger partial charge >= 0.3 is 0 Å². The summed E-state index contributed by atoms with van der Waals surface area (Å²) in [4.78, 5) is 11.1. The summed E-state index contributed by atoms with van der Waals surface area (Å²) in [5.41, 5.74) is 3.03. The van der Waals surface area contributed by atoms with Crippen LogP contribution >= 0.6 is 0 Å². The number of aryl methyl sites for hydroxylation is 1. The first-order chi connectivity index (χ1) is 10.2. The Morgan fingerprint density at radius 3 is 2.90 bits per heavy atom. The lowest BCUT2D eigenvalue weighted by atomic mass is 10.2. The minimum atomic E-state index is 0.601. The number of nitrogens with zero attached hydrogens (tertiary/aromatic N) is 4. The molecule has 6 heteroatoms. The fourth-order valence-electron chi connectivity index (χ4n) is 2.27. The number of rotatable bonds is 4. The molecular weight excluding hydrogens is 264 g/mol. The lowest BCUT2D eigenvalue weighted by Gasteiger charge is -2.20. The molecule has 0 saturated carbocycles. The maximum Gasteiger partial charge on any atom is 0.226 e. The van der Waals surface area contributed by atoms with E-state index in [0.29, 0.717) is 5.95 Å². The van der Waals surface area contributed by atoms with Gasteiger partial charge in [0, 0.05) is 19.3 Å². The molecule has 2 N–H and O–H groups in total. The fraction of sp³-hybridized carbons (Fsp3) is 0.267. The van der Waals surface area contributed by atoms with E-state index in [-0.39, 0.29) is 0 Å². The largest absolute Gasteiger partial charge is 0.354 e. The van der Waals surface area contributed by atoms with Crippen LogP contribution in [0.15, 0.2) is 30.5 Å². The van der Waals surface area contributed by atoms with Gasteiger partial charge in [0.05, 0.1) is 11.6 Å². The van der Waals surface area contributed by atoms with E-state index in [2.05, 4.69) is 50.6 Å². The summed E-state index contributed by atoms with van der Waals surface area (Å²) >= 11 is 0. The van der Waals surface area contributed by atoms with Crippen LogP contribution in [0, 0.1) is 6.92 Å². The summed E-state index contributed by atoms with van der Waals surface area (Å²) in [7, 11) is 2.00. The SMILES string of the molecule is CCNc1nc(N(C)c2cccc(C)c2)c2cn[nH]c2n1. The van der Waals surface area contributed by atoms with E-state index in [0.717, 1.165) is 29.1 Å². The molecule has 1 aromatic carbocycles. The lowest BCUT2D eigenvalue weighted by molar-refractivity contribution is 1.05. The molecule has 3 aromatic rings. The van der Waals surface area contributed by atoms with Gasteiger partial charge in [-0.3, -0.25) is 5.10 Å². The Morgan fingerprint density at radius 1 is 1.29 bits per heavy atom. The Kier molecular flexibility index (Phi) is 3.43. The van der Waals surface area contributed by atoms with Gasteiger partial charge in [-0.1, -0.05) is 12.1 Å². The topological polar surface area (TPSA) is 69.7 Å². The summed E-state index contributed by atoms with van der Waals surface area (Å²) < 4.78 is 0. The average molecular weight is 282 g/mol. The van der Waals surface area contributed by atoms with Crippen molar-refractivity contribution in [3.05, 3.63) is 36.0 Å². The van der Waals surface area contributed by atoms with Crippen LogP contribution in [0.3, 0.4) is 0 Å². The molecule has 108 valence electrons. The summed E-state index contributed by atoms with van der Waals surface area (Å²) in [6.45, 7) is 4.87. The summed E-state index contributed by atoms with van der Waals surface area (Å²) in [5, 5.41) is 11.0. The van der Waals surface area contributed by atoms with Crippen molar-refractivity contribution >= 4 is 28.5 Å². The van der Waals surface area contributed by atoms with Gasteiger partial charge in [-0.05, 0) is 31.5 Å². The molecular formula is C15H18N6. The standard InChI is InChI=1S/C15H18N6/c1-4-16-15-18-13-12(9-17-20-13)14(19-15)21(3)11-7-5-6-10(2)8-11/h5-9H,4H2,1-3H3,(H2,16,17,18,19,20). The highest BCUT2D eigenvalue weighted by Crippen LogP contribution is 2.29. The summed E-state index contributed by atoms with van der Waals surface area (Å²) in [6, 6.07) is 8.31. The second-order valence-corrected chi connectivity index (χ2v) is 4.93. The van der Waals surface area contributed by atoms with Crippen molar-refractivity contribution in [2.45, 2.75) is 13.8 Å². The van der Waals surface area contributed by atoms with Crippen LogP contribution in [-0.4, -0.2) is 33.8 Å². The van der Waals surface area contributed by atoms with E-state index < -0.39 is 0 Å². The number of fused-ring (bicyclic) bond motifs is 1. The van der Waals surface area contributed by atoms with Crippen molar-refractivity contribution in [3.63, 3.8) is 0 Å². The van der Waals surface area contributed by atoms with Crippen molar-refractivity contribution < 1.29 is 0 Å². The predicted octanol–water partition coefficient (Wildman–Crippen LogP) is 2.86. The lowest BCUT2D eigenvalue weighted by Crippen LogP contribution is -2.14. The second-order valence-electron chi connectivity index (χ2n) is 4.93. The number of nitrogens with one attached hydrogen (secondary N) is 2. The molecule has 0 aliphatic rings. The molecule has 6 nitrogen and oxygen atoms in total. The zero-order valence-electron chi connectivity index (χ0n) is 12.4. The third-order valence-electron chi connectivity index (χ3n) is 3.33. The van der Waals surface area contributed by atoms with E-state index in [1.165, 1.54) is 5.56 Å². The molecule has 0 bridgehead atoms. The molecule has 2 heterocycles. The van der Waals surface area contributed by atoms with E-state index in [9.17, 15) is 0 Å². The van der Waals surface area contributed by atoms with E-state index in [4.69, 9.17) is 0 Å². The van der Waals surface area contributed by atoms with Crippen LogP contribution in [-0.2, 0) is 0 Å². The first kappa shape index (κ1) is 13.4. The van der Waals surface area contributed by atoms with Crippen LogP contribution in [0.1, 0.15) is 12.5 Å². The molecule has 0 fully saturated rings. The minimum Gasteiger partial charge on any atom is -0.354 e. The van der Waals surface area contributed by atoms with Crippen molar-refractivity contribution in [2.75, 3.05) is 23.8 Å². The first-order valence-electron chi connectivity index (χ1n) is 6.94. The van der Waals surface area contributed by atoms with Gasteiger partial charge in [-0.15, -0.1) is 0 Å². The van der Waals surface area contributed by atoms with Gasteiger partial charge in [0.15, 0.2) is 5.65 Å². The highest BCUT2D eigenvalue weighted by molar-refractivity contribution is 5.89. The monoisotopic (exact) mass is 282 g/mol. The van der Waals surface area contributed by atoms with E-state index in [1.807, 2.05) is 24.9 Å². The van der Waals surface area contributed by atoms with E-state index in [1.54, 1.807) is 6.20 Å². The Labute approximate surface area is 123 Å². The molecule has 0 aliphatic carbocycles. The molecule has 0 aliphatic heterocycles. The molecule has 0 radical (unpaired) electrons. The smallest absolute Gasteiger partial charge is 0.226 e. The molecule has 0 amide bonds. The second kappa shape index (κ2) is 5.40. The van der Waals surface area contributed by atoms with Crippen LogP contribution in [0.4, 0.5) is 17.5 Å². The Morgan fingerprint density at radius 2 is 2.14 bits per heavy atom. The molecule has 0 saturated heterocycles. The molecule has 21 heavy (non-hydrogen) atoms. The molecule has 0 atom stereocenters. The number of aromatic amines is 1.